The van der Waals surface area contributed by atoms with Crippen LogP contribution in [0, 0.1) is 5.92 Å². The number of benzene rings is 3. The van der Waals surface area contributed by atoms with E-state index in [0.29, 0.717) is 45.4 Å². The molecule has 1 saturated heterocycles. The molecule has 0 radical (unpaired) electrons. The lowest BCUT2D eigenvalue weighted by molar-refractivity contribution is -0.137. The number of nitrogens with one attached hydrogen (secondary N) is 2. The quantitative estimate of drug-likeness (QED) is 0.278. The Morgan fingerprint density at radius 3 is 2.26 bits per heavy atom. The van der Waals surface area contributed by atoms with Gasteiger partial charge in [-0.15, -0.1) is 0 Å². The van der Waals surface area contributed by atoms with E-state index >= 15 is 0 Å². The molecule has 2 unspecified atom stereocenters. The maximum atomic E-state index is 13.6. The van der Waals surface area contributed by atoms with Crippen molar-refractivity contribution >= 4 is 18.0 Å². The minimum absolute atomic E-state index is 0.0710. The molecule has 0 saturated carbocycles. The molecule has 42 heavy (non-hydrogen) atoms. The summed E-state index contributed by atoms with van der Waals surface area (Å²) in [6, 6.07) is 26.4. The van der Waals surface area contributed by atoms with E-state index in [2.05, 4.69) is 51.9 Å². The summed E-state index contributed by atoms with van der Waals surface area (Å²) >= 11 is 0. The van der Waals surface area contributed by atoms with E-state index in [-0.39, 0.29) is 30.8 Å². The lowest BCUT2D eigenvalue weighted by Gasteiger charge is -2.30. The van der Waals surface area contributed by atoms with Crippen molar-refractivity contribution in [2.75, 3.05) is 26.2 Å². The number of fused-ring (bicyclic) bond motifs is 3. The number of hydrogen-bond donors (Lipinski definition) is 3. The molecule has 8 nitrogen and oxygen atoms in total. The Balaban J connectivity index is 1.24. The predicted molar refractivity (Wildman–Crippen MR) is 161 cm³/mol. The highest BCUT2D eigenvalue weighted by atomic mass is 16.5. The number of carboxylic acid groups (broad SMARTS) is 1. The van der Waals surface area contributed by atoms with Gasteiger partial charge in [-0.05, 0) is 53.0 Å². The van der Waals surface area contributed by atoms with E-state index in [4.69, 9.17) is 9.84 Å². The number of carbonyl (C=O) groups is 3. The minimum atomic E-state index is -1.12. The summed E-state index contributed by atoms with van der Waals surface area (Å²) in [5.74, 6) is -0.970. The first-order valence-corrected chi connectivity index (χ1v) is 14.7. The molecular weight excluding hydrogens is 530 g/mol. The topological polar surface area (TPSA) is 108 Å². The second-order valence-electron chi connectivity index (χ2n) is 11.6. The zero-order chi connectivity index (χ0) is 29.5. The fourth-order valence-corrected chi connectivity index (χ4v) is 6.15. The molecule has 3 N–H and O–H groups in total. The third-order valence-corrected chi connectivity index (χ3v) is 8.49. The SMILES string of the molecule is CC(CCNC(=O)C1(NC(=O)OCC2c3ccccc3-c3ccccc32)CCN(Cc2ccccc2)C1)CCC(=O)O. The smallest absolute Gasteiger partial charge is 0.408 e. The van der Waals surface area contributed by atoms with E-state index in [1.807, 2.05) is 49.4 Å². The second-order valence-corrected chi connectivity index (χ2v) is 11.6. The number of nitrogens with zero attached hydrogens (tertiary/aromatic N) is 1. The van der Waals surface area contributed by atoms with Crippen molar-refractivity contribution < 1.29 is 24.2 Å². The number of carbonyl (C=O) groups excluding carboxylic acids is 2. The molecule has 0 aromatic heterocycles. The summed E-state index contributed by atoms with van der Waals surface area (Å²) in [5.41, 5.74) is 4.59. The summed E-state index contributed by atoms with van der Waals surface area (Å²) in [6.07, 6.45) is 1.18. The van der Waals surface area contributed by atoms with Gasteiger partial charge in [-0.1, -0.05) is 85.8 Å². The third kappa shape index (κ3) is 6.82. The first-order valence-electron chi connectivity index (χ1n) is 14.7. The molecule has 2 atom stereocenters. The molecule has 1 heterocycles. The normalized spacial score (nSPS) is 18.6. The van der Waals surface area contributed by atoms with Crippen LogP contribution in [0.25, 0.3) is 11.1 Å². The third-order valence-electron chi connectivity index (χ3n) is 8.49. The van der Waals surface area contributed by atoms with Gasteiger partial charge in [0.05, 0.1) is 0 Å². The highest BCUT2D eigenvalue weighted by molar-refractivity contribution is 5.90. The number of carboxylic acids is 1. The van der Waals surface area contributed by atoms with Gasteiger partial charge in [0.15, 0.2) is 0 Å². The van der Waals surface area contributed by atoms with E-state index in [9.17, 15) is 14.4 Å². The van der Waals surface area contributed by atoms with Crippen molar-refractivity contribution in [3.8, 4) is 11.1 Å². The number of amides is 2. The molecule has 1 aliphatic heterocycles. The number of aliphatic carboxylic acids is 1. The van der Waals surface area contributed by atoms with E-state index < -0.39 is 17.6 Å². The van der Waals surface area contributed by atoms with Crippen molar-refractivity contribution in [3.05, 3.63) is 95.6 Å². The predicted octanol–water partition coefficient (Wildman–Crippen LogP) is 5.18. The number of alkyl carbamates (subject to hydrolysis) is 1. The maximum absolute atomic E-state index is 13.6. The first kappa shape index (κ1) is 29.3. The van der Waals surface area contributed by atoms with Crippen molar-refractivity contribution in [3.63, 3.8) is 0 Å². The van der Waals surface area contributed by atoms with Crippen LogP contribution in [0.15, 0.2) is 78.9 Å². The lowest BCUT2D eigenvalue weighted by Crippen LogP contribution is -2.60. The minimum Gasteiger partial charge on any atom is -0.481 e. The van der Waals surface area contributed by atoms with Crippen LogP contribution in [0.4, 0.5) is 4.79 Å². The van der Waals surface area contributed by atoms with Gasteiger partial charge in [-0.2, -0.15) is 0 Å². The molecular formula is C34H39N3O5. The van der Waals surface area contributed by atoms with E-state index in [0.717, 1.165) is 27.8 Å². The Hall–Kier alpha value is -4.17. The molecule has 0 spiro atoms. The highest BCUT2D eigenvalue weighted by Crippen LogP contribution is 2.44. The Morgan fingerprint density at radius 1 is 0.952 bits per heavy atom. The van der Waals surface area contributed by atoms with Gasteiger partial charge >= 0.3 is 12.1 Å². The van der Waals surface area contributed by atoms with Gasteiger partial charge in [0, 0.05) is 38.5 Å². The Labute approximate surface area is 247 Å². The van der Waals surface area contributed by atoms with Crippen LogP contribution >= 0.6 is 0 Å². The lowest BCUT2D eigenvalue weighted by atomic mass is 9.96. The zero-order valence-corrected chi connectivity index (χ0v) is 24.1. The number of likely N-dealkylation sites (tertiary alicyclic amines) is 1. The fourth-order valence-electron chi connectivity index (χ4n) is 6.15. The van der Waals surface area contributed by atoms with Crippen molar-refractivity contribution in [2.45, 2.75) is 50.6 Å². The van der Waals surface area contributed by atoms with Crippen LogP contribution in [0.1, 0.15) is 55.2 Å². The Bertz CT molecular complexity index is 1370. The fraction of sp³-hybridized carbons (Fsp3) is 0.382. The van der Waals surface area contributed by atoms with Crippen LogP contribution in [-0.2, 0) is 20.9 Å². The summed E-state index contributed by atoms with van der Waals surface area (Å²) in [7, 11) is 0. The van der Waals surface area contributed by atoms with Gasteiger partial charge in [0.25, 0.3) is 0 Å². The van der Waals surface area contributed by atoms with Crippen LogP contribution < -0.4 is 10.6 Å². The standard InChI is InChI=1S/C34H39N3O5/c1-24(15-16-31(38)39)17-19-35-32(40)34(18-20-37(23-34)21-25-9-3-2-4-10-25)36-33(41)42-22-30-28-13-7-5-11-26(28)27-12-6-8-14-29(27)30/h2-14,24,30H,15-23H2,1H3,(H,35,40)(H,36,41)(H,38,39). The van der Waals surface area contributed by atoms with Gasteiger partial charge in [0.2, 0.25) is 5.91 Å². The highest BCUT2D eigenvalue weighted by Gasteiger charge is 2.46. The average Bonchev–Trinajstić information content (AvgIpc) is 3.54. The summed E-state index contributed by atoms with van der Waals surface area (Å²) in [6.45, 7) is 4.26. The molecule has 220 valence electrons. The molecule has 2 amide bonds. The molecule has 1 fully saturated rings. The Kier molecular flexibility index (Phi) is 9.22. The van der Waals surface area contributed by atoms with Crippen LogP contribution in [0.5, 0.6) is 0 Å². The summed E-state index contributed by atoms with van der Waals surface area (Å²) in [5, 5.41) is 14.9. The van der Waals surface area contributed by atoms with Gasteiger partial charge in [0.1, 0.15) is 12.1 Å². The molecule has 3 aromatic carbocycles. The molecule has 3 aromatic rings. The van der Waals surface area contributed by atoms with Gasteiger partial charge in [-0.3, -0.25) is 14.5 Å². The van der Waals surface area contributed by atoms with Crippen molar-refractivity contribution in [1.29, 1.82) is 0 Å². The first-order chi connectivity index (χ1) is 20.3. The second kappa shape index (κ2) is 13.2. The zero-order valence-electron chi connectivity index (χ0n) is 24.1. The molecule has 5 rings (SSSR count). The summed E-state index contributed by atoms with van der Waals surface area (Å²) < 4.78 is 5.82. The van der Waals surface area contributed by atoms with Gasteiger partial charge < -0.3 is 20.5 Å². The van der Waals surface area contributed by atoms with Crippen LogP contribution in [0.3, 0.4) is 0 Å². The summed E-state index contributed by atoms with van der Waals surface area (Å²) in [4.78, 5) is 40.0. The molecule has 2 aliphatic rings. The van der Waals surface area contributed by atoms with Gasteiger partial charge in [-0.25, -0.2) is 4.79 Å². The largest absolute Gasteiger partial charge is 0.481 e. The molecule has 8 heteroatoms. The average molecular weight is 570 g/mol. The number of ether oxygens (including phenoxy) is 1. The van der Waals surface area contributed by atoms with Crippen LogP contribution in [0.2, 0.25) is 0 Å². The number of rotatable bonds is 12. The molecule has 1 aliphatic carbocycles. The van der Waals surface area contributed by atoms with Crippen LogP contribution in [-0.4, -0.2) is 59.8 Å². The van der Waals surface area contributed by atoms with E-state index in [1.54, 1.807) is 0 Å². The van der Waals surface area contributed by atoms with Crippen molar-refractivity contribution in [1.82, 2.24) is 15.5 Å². The monoisotopic (exact) mass is 569 g/mol. The Morgan fingerprint density at radius 2 is 1.60 bits per heavy atom. The maximum Gasteiger partial charge on any atom is 0.408 e. The van der Waals surface area contributed by atoms with E-state index in [1.165, 1.54) is 0 Å². The molecule has 0 bridgehead atoms. The van der Waals surface area contributed by atoms with Crippen molar-refractivity contribution in [2.24, 2.45) is 5.92 Å². The number of hydrogen-bond acceptors (Lipinski definition) is 5.